The van der Waals surface area contributed by atoms with Crippen LogP contribution in [0.5, 0.6) is 0 Å². The van der Waals surface area contributed by atoms with Crippen LogP contribution in [-0.2, 0) is 9.53 Å². The second-order valence-electron chi connectivity index (χ2n) is 4.86. The third-order valence-electron chi connectivity index (χ3n) is 2.02. The van der Waals surface area contributed by atoms with Gasteiger partial charge in [-0.3, -0.25) is 0 Å². The first-order valence-electron chi connectivity index (χ1n) is 5.33. The quantitative estimate of drug-likeness (QED) is 0.720. The first-order valence-corrected chi connectivity index (χ1v) is 5.33. The van der Waals surface area contributed by atoms with Gasteiger partial charge in [0.05, 0.1) is 0 Å². The highest BCUT2D eigenvalue weighted by atomic mass is 16.6. The first-order chi connectivity index (χ1) is 7.20. The number of nitrogens with zero attached hydrogens (tertiary/aromatic N) is 3. The summed E-state index contributed by atoms with van der Waals surface area (Å²) < 4.78 is 6.88. The van der Waals surface area contributed by atoms with E-state index in [1.165, 1.54) is 0 Å². The predicted molar refractivity (Wildman–Crippen MR) is 60.1 cm³/mol. The molecule has 0 bridgehead atoms. The number of hydrogen-bond acceptors (Lipinski definition) is 4. The van der Waals surface area contributed by atoms with E-state index in [9.17, 15) is 4.79 Å². The molecule has 0 radical (unpaired) electrons. The van der Waals surface area contributed by atoms with E-state index in [-0.39, 0.29) is 5.97 Å². The molecule has 0 aliphatic heterocycles. The van der Waals surface area contributed by atoms with E-state index >= 15 is 0 Å². The number of carbonyl (C=O) groups excluding carboxylic acids is 1. The van der Waals surface area contributed by atoms with Gasteiger partial charge in [-0.05, 0) is 41.5 Å². The van der Waals surface area contributed by atoms with Gasteiger partial charge in [0, 0.05) is 0 Å². The average molecular weight is 225 g/mol. The summed E-state index contributed by atoms with van der Waals surface area (Å²) in [4.78, 5) is 16.0. The van der Waals surface area contributed by atoms with Crippen LogP contribution in [0.3, 0.4) is 0 Å². The highest BCUT2D eigenvalue weighted by Gasteiger charge is 2.24. The molecule has 16 heavy (non-hydrogen) atoms. The van der Waals surface area contributed by atoms with E-state index in [2.05, 4.69) is 10.1 Å². The van der Waals surface area contributed by atoms with Crippen LogP contribution in [0.15, 0.2) is 0 Å². The molecule has 0 saturated heterocycles. The number of rotatable bonds is 2. The third-order valence-corrected chi connectivity index (χ3v) is 2.02. The summed E-state index contributed by atoms with van der Waals surface area (Å²) >= 11 is 0. The number of hydrogen-bond donors (Lipinski definition) is 0. The molecule has 1 aromatic rings. The van der Waals surface area contributed by atoms with Gasteiger partial charge in [-0.1, -0.05) is 0 Å². The predicted octanol–water partition coefficient (Wildman–Crippen LogP) is 1.80. The lowest BCUT2D eigenvalue weighted by Crippen LogP contribution is -2.29. The second-order valence-corrected chi connectivity index (χ2v) is 4.86. The highest BCUT2D eigenvalue weighted by Crippen LogP contribution is 2.15. The summed E-state index contributed by atoms with van der Waals surface area (Å²) in [6.45, 7) is 10.9. The fourth-order valence-electron chi connectivity index (χ4n) is 1.39. The Morgan fingerprint density at radius 3 is 2.31 bits per heavy atom. The highest BCUT2D eigenvalue weighted by molar-refractivity contribution is 5.74. The van der Waals surface area contributed by atoms with E-state index in [1.807, 2.05) is 27.7 Å². The molecular weight excluding hydrogens is 206 g/mol. The van der Waals surface area contributed by atoms with Crippen LogP contribution in [0.25, 0.3) is 0 Å². The maximum Gasteiger partial charge on any atom is 0.331 e. The van der Waals surface area contributed by atoms with Gasteiger partial charge in [-0.15, -0.1) is 0 Å². The van der Waals surface area contributed by atoms with Crippen molar-refractivity contribution in [2.24, 2.45) is 0 Å². The molecular formula is C11H19N3O2. The molecule has 90 valence electrons. The standard InChI is InChI=1S/C11H19N3O2/c1-7(10(15)16-11(4,5)6)14-9(3)12-8(2)13-14/h7H,1-6H3. The van der Waals surface area contributed by atoms with Gasteiger partial charge >= 0.3 is 5.97 Å². The van der Waals surface area contributed by atoms with E-state index in [4.69, 9.17) is 4.74 Å². The zero-order valence-electron chi connectivity index (χ0n) is 10.7. The van der Waals surface area contributed by atoms with Gasteiger partial charge in [0.1, 0.15) is 23.3 Å². The van der Waals surface area contributed by atoms with Crippen LogP contribution in [0, 0.1) is 13.8 Å². The van der Waals surface area contributed by atoms with Crippen molar-refractivity contribution in [3.8, 4) is 0 Å². The minimum atomic E-state index is -0.477. The fraction of sp³-hybridized carbons (Fsp3) is 0.727. The van der Waals surface area contributed by atoms with Crippen LogP contribution in [0.4, 0.5) is 0 Å². The van der Waals surface area contributed by atoms with Gasteiger partial charge in [0.2, 0.25) is 0 Å². The molecule has 1 rings (SSSR count). The monoisotopic (exact) mass is 225 g/mol. The molecule has 0 fully saturated rings. The second kappa shape index (κ2) is 4.23. The molecule has 1 heterocycles. The van der Waals surface area contributed by atoms with Gasteiger partial charge in [-0.2, -0.15) is 5.10 Å². The van der Waals surface area contributed by atoms with Gasteiger partial charge in [0.15, 0.2) is 0 Å². The largest absolute Gasteiger partial charge is 0.458 e. The zero-order chi connectivity index (χ0) is 12.5. The van der Waals surface area contributed by atoms with E-state index in [0.29, 0.717) is 5.82 Å². The Morgan fingerprint density at radius 1 is 1.38 bits per heavy atom. The molecule has 1 unspecified atom stereocenters. The molecule has 0 saturated carbocycles. The Balaban J connectivity index is 2.82. The molecule has 1 atom stereocenters. The van der Waals surface area contributed by atoms with Crippen LogP contribution in [0.2, 0.25) is 0 Å². The number of aryl methyl sites for hydroxylation is 2. The lowest BCUT2D eigenvalue weighted by molar-refractivity contribution is -0.158. The van der Waals surface area contributed by atoms with Crippen molar-refractivity contribution in [2.45, 2.75) is 53.2 Å². The summed E-state index contributed by atoms with van der Waals surface area (Å²) in [5, 5.41) is 4.17. The molecule has 0 aromatic carbocycles. The minimum Gasteiger partial charge on any atom is -0.458 e. The van der Waals surface area contributed by atoms with E-state index < -0.39 is 11.6 Å². The van der Waals surface area contributed by atoms with Crippen LogP contribution in [-0.4, -0.2) is 26.3 Å². The Morgan fingerprint density at radius 2 is 1.94 bits per heavy atom. The number of aromatic nitrogens is 3. The number of ether oxygens (including phenoxy) is 1. The Bertz CT molecular complexity index is 390. The summed E-state index contributed by atoms with van der Waals surface area (Å²) in [6.07, 6.45) is 0. The average Bonchev–Trinajstić information content (AvgIpc) is 2.41. The molecule has 0 N–H and O–H groups in total. The van der Waals surface area contributed by atoms with Crippen molar-refractivity contribution >= 4 is 5.97 Å². The maximum atomic E-state index is 11.8. The maximum absolute atomic E-state index is 11.8. The first kappa shape index (κ1) is 12.7. The Hall–Kier alpha value is -1.39. The van der Waals surface area contributed by atoms with E-state index in [0.717, 1.165) is 5.82 Å². The van der Waals surface area contributed by atoms with Gasteiger partial charge in [0.25, 0.3) is 0 Å². The number of esters is 1. The normalized spacial score (nSPS) is 13.6. The summed E-state index contributed by atoms with van der Waals surface area (Å²) in [5.74, 6) is 1.09. The topological polar surface area (TPSA) is 57.0 Å². The minimum absolute atomic E-state index is 0.291. The zero-order valence-corrected chi connectivity index (χ0v) is 10.7. The van der Waals surface area contributed by atoms with Crippen LogP contribution in [0.1, 0.15) is 45.4 Å². The molecule has 0 spiro atoms. The SMILES string of the molecule is Cc1nc(C)n(C(C)C(=O)OC(C)(C)C)n1. The van der Waals surface area contributed by atoms with Crippen molar-refractivity contribution < 1.29 is 9.53 Å². The summed E-state index contributed by atoms with van der Waals surface area (Å²) in [5.41, 5.74) is -0.477. The Kier molecular flexibility index (Phi) is 3.35. The van der Waals surface area contributed by atoms with Gasteiger partial charge < -0.3 is 4.74 Å². The van der Waals surface area contributed by atoms with Gasteiger partial charge in [-0.25, -0.2) is 14.5 Å². The molecule has 5 nitrogen and oxygen atoms in total. The van der Waals surface area contributed by atoms with Crippen molar-refractivity contribution in [1.82, 2.24) is 14.8 Å². The van der Waals surface area contributed by atoms with Crippen LogP contribution >= 0.6 is 0 Å². The lowest BCUT2D eigenvalue weighted by atomic mass is 10.2. The lowest BCUT2D eigenvalue weighted by Gasteiger charge is -2.22. The Labute approximate surface area is 95.8 Å². The molecule has 1 aromatic heterocycles. The van der Waals surface area contributed by atoms with Crippen molar-refractivity contribution in [3.05, 3.63) is 11.6 Å². The molecule has 0 aliphatic carbocycles. The molecule has 5 heteroatoms. The smallest absolute Gasteiger partial charge is 0.331 e. The van der Waals surface area contributed by atoms with Crippen molar-refractivity contribution in [3.63, 3.8) is 0 Å². The van der Waals surface area contributed by atoms with Crippen LogP contribution < -0.4 is 0 Å². The molecule has 0 amide bonds. The number of carbonyl (C=O) groups is 1. The summed E-state index contributed by atoms with van der Waals surface area (Å²) in [7, 11) is 0. The fourth-order valence-corrected chi connectivity index (χ4v) is 1.39. The van der Waals surface area contributed by atoms with Crippen molar-refractivity contribution in [2.75, 3.05) is 0 Å². The van der Waals surface area contributed by atoms with Crippen molar-refractivity contribution in [1.29, 1.82) is 0 Å². The third kappa shape index (κ3) is 3.05. The molecule has 0 aliphatic rings. The van der Waals surface area contributed by atoms with E-state index in [1.54, 1.807) is 18.5 Å². The summed E-state index contributed by atoms with van der Waals surface area (Å²) in [6, 6.07) is -0.444.